The van der Waals surface area contributed by atoms with Gasteiger partial charge in [0, 0.05) is 71.9 Å². The molecule has 4 heteroatoms. The molecule has 0 aromatic rings. The molecule has 0 amide bonds. The number of halogens is 2. The van der Waals surface area contributed by atoms with E-state index in [9.17, 15) is 0 Å². The molecule has 0 N–H and O–H groups in total. The van der Waals surface area contributed by atoms with E-state index in [-0.39, 0.29) is 0 Å². The van der Waals surface area contributed by atoms with Crippen LogP contribution in [0.25, 0.3) is 0 Å². The van der Waals surface area contributed by atoms with Gasteiger partial charge in [0.25, 0.3) is 0 Å². The summed E-state index contributed by atoms with van der Waals surface area (Å²) in [5, 5.41) is 0. The molecule has 0 aromatic carbocycles. The molecule has 2 nitrogen and oxygen atoms in total. The smallest absolute Gasteiger partial charge is 0.0201 e. The lowest BCUT2D eigenvalue weighted by molar-refractivity contribution is 0.193. The largest absolute Gasteiger partial charge is 0.247 e. The monoisotopic (exact) mass is 406 g/mol. The Morgan fingerprint density at radius 3 is 1.54 bits per heavy atom. The van der Waals surface area contributed by atoms with E-state index in [1.54, 1.807) is 0 Å². The quantitative estimate of drug-likeness (QED) is 0.451. The number of fused-ring (bicyclic) bond motifs is 6. The fourth-order valence-electron chi connectivity index (χ4n) is 2.45. The van der Waals surface area contributed by atoms with Gasteiger partial charge in [0.15, 0.2) is 0 Å². The minimum Gasteiger partial charge on any atom is -0.247 e. The first kappa shape index (κ1) is 10.9. The van der Waals surface area contributed by atoms with Crippen LogP contribution < -0.4 is 0 Å². The normalized spacial score (nSPS) is 38.3. The summed E-state index contributed by atoms with van der Waals surface area (Å²) in [4.78, 5) is 0. The highest BCUT2D eigenvalue weighted by Gasteiger charge is 2.26. The van der Waals surface area contributed by atoms with Crippen LogP contribution >= 0.6 is 45.7 Å². The van der Waals surface area contributed by atoms with E-state index in [0.29, 0.717) is 0 Å². The molecular formula is C9H16I2N2. The van der Waals surface area contributed by atoms with E-state index in [2.05, 4.69) is 52.0 Å². The predicted molar refractivity (Wildman–Crippen MR) is 72.0 cm³/mol. The third-order valence-corrected chi connectivity index (χ3v) is 4.63. The van der Waals surface area contributed by atoms with Crippen LogP contribution in [0, 0.1) is 11.8 Å². The zero-order valence-electron chi connectivity index (χ0n) is 7.75. The van der Waals surface area contributed by atoms with Crippen molar-refractivity contribution < 1.29 is 0 Å². The summed E-state index contributed by atoms with van der Waals surface area (Å²) >= 11 is 5.01. The van der Waals surface area contributed by atoms with E-state index in [0.717, 1.165) is 11.8 Å². The van der Waals surface area contributed by atoms with Crippen molar-refractivity contribution in [1.29, 1.82) is 0 Å². The SMILES string of the molecule is IN1CC2CCCC(C1)CN(I)C2. The van der Waals surface area contributed by atoms with Crippen molar-refractivity contribution >= 4 is 45.7 Å². The van der Waals surface area contributed by atoms with Crippen LogP contribution in [-0.2, 0) is 0 Å². The number of rotatable bonds is 0. The van der Waals surface area contributed by atoms with Crippen LogP contribution in [0.5, 0.6) is 0 Å². The summed E-state index contributed by atoms with van der Waals surface area (Å²) in [5.74, 6) is 1.82. The molecule has 3 aliphatic heterocycles. The molecule has 3 fully saturated rings. The van der Waals surface area contributed by atoms with Gasteiger partial charge in [-0.15, -0.1) is 0 Å². The Morgan fingerprint density at radius 2 is 1.15 bits per heavy atom. The van der Waals surface area contributed by atoms with Gasteiger partial charge in [0.2, 0.25) is 0 Å². The van der Waals surface area contributed by atoms with Crippen LogP contribution in [0.4, 0.5) is 0 Å². The first-order chi connectivity index (χ1) is 6.24. The van der Waals surface area contributed by atoms with Gasteiger partial charge < -0.3 is 0 Å². The highest BCUT2D eigenvalue weighted by molar-refractivity contribution is 14.1. The van der Waals surface area contributed by atoms with E-state index in [1.807, 2.05) is 0 Å². The van der Waals surface area contributed by atoms with Crippen molar-refractivity contribution in [2.45, 2.75) is 19.3 Å². The van der Waals surface area contributed by atoms with Crippen LogP contribution in [-0.4, -0.2) is 32.4 Å². The maximum Gasteiger partial charge on any atom is 0.0201 e. The summed E-state index contributed by atoms with van der Waals surface area (Å²) in [6, 6.07) is 0. The van der Waals surface area contributed by atoms with Gasteiger partial charge >= 0.3 is 0 Å². The molecule has 0 aliphatic carbocycles. The van der Waals surface area contributed by atoms with E-state index in [1.165, 1.54) is 45.4 Å². The fraction of sp³-hybridized carbons (Fsp3) is 1.00. The second kappa shape index (κ2) is 4.94. The topological polar surface area (TPSA) is 6.48 Å². The number of hydrogen-bond donors (Lipinski definition) is 0. The van der Waals surface area contributed by atoms with Crippen molar-refractivity contribution in [3.63, 3.8) is 0 Å². The average molecular weight is 406 g/mol. The lowest BCUT2D eigenvalue weighted by atomic mass is 9.91. The summed E-state index contributed by atoms with van der Waals surface area (Å²) in [6.07, 6.45) is 4.34. The highest BCUT2D eigenvalue weighted by atomic mass is 127. The lowest BCUT2D eigenvalue weighted by Crippen LogP contribution is -2.41. The van der Waals surface area contributed by atoms with Gasteiger partial charge in [0.05, 0.1) is 0 Å². The Hall–Kier alpha value is 1.38. The zero-order chi connectivity index (χ0) is 9.26. The molecule has 0 spiro atoms. The average Bonchev–Trinajstić information content (AvgIpc) is 1.95. The fourth-order valence-corrected chi connectivity index (χ4v) is 4.67. The molecule has 76 valence electrons. The summed E-state index contributed by atoms with van der Waals surface area (Å²) in [7, 11) is 0. The molecule has 3 saturated heterocycles. The van der Waals surface area contributed by atoms with Gasteiger partial charge in [-0.3, -0.25) is 0 Å². The molecule has 3 heterocycles. The Balaban J connectivity index is 2.06. The maximum absolute atomic E-state index is 2.51. The van der Waals surface area contributed by atoms with E-state index >= 15 is 0 Å². The summed E-state index contributed by atoms with van der Waals surface area (Å²) < 4.78 is 5.02. The predicted octanol–water partition coefficient (Wildman–Crippen LogP) is 2.72. The molecule has 2 bridgehead atoms. The minimum absolute atomic E-state index is 0.912. The minimum atomic E-state index is 0.912. The van der Waals surface area contributed by atoms with Gasteiger partial charge in [-0.1, -0.05) is 6.42 Å². The van der Waals surface area contributed by atoms with Crippen LogP contribution in [0.1, 0.15) is 19.3 Å². The zero-order valence-corrected chi connectivity index (χ0v) is 12.1. The second-order valence-corrected chi connectivity index (χ2v) is 7.05. The molecule has 0 unspecified atom stereocenters. The molecule has 3 aliphatic rings. The number of hydrogen-bond acceptors (Lipinski definition) is 2. The van der Waals surface area contributed by atoms with Crippen molar-refractivity contribution in [1.82, 2.24) is 6.23 Å². The first-order valence-corrected chi connectivity index (χ1v) is 6.98. The third kappa shape index (κ3) is 3.17. The Kier molecular flexibility index (Phi) is 4.13. The molecule has 0 atom stereocenters. The van der Waals surface area contributed by atoms with Gasteiger partial charge in [-0.05, 0) is 24.7 Å². The molecule has 13 heavy (non-hydrogen) atoms. The van der Waals surface area contributed by atoms with Crippen molar-refractivity contribution in [2.75, 3.05) is 26.2 Å². The number of nitrogens with zero attached hydrogens (tertiary/aromatic N) is 2. The van der Waals surface area contributed by atoms with Crippen LogP contribution in [0.15, 0.2) is 0 Å². The molecule has 0 radical (unpaired) electrons. The molecule has 0 saturated carbocycles. The maximum atomic E-state index is 2.51. The van der Waals surface area contributed by atoms with Crippen LogP contribution in [0.2, 0.25) is 0 Å². The van der Waals surface area contributed by atoms with Crippen LogP contribution in [0.3, 0.4) is 0 Å². The van der Waals surface area contributed by atoms with Crippen molar-refractivity contribution in [3.05, 3.63) is 0 Å². The standard InChI is InChI=1S/C9H16I2N2/c10-12-4-8-2-1-3-9(6-12)7-13(11)5-8/h8-9H,1-7H2. The molecule has 0 aromatic heterocycles. The summed E-state index contributed by atoms with van der Waals surface area (Å²) in [5.41, 5.74) is 0. The van der Waals surface area contributed by atoms with Gasteiger partial charge in [-0.25, -0.2) is 6.23 Å². The highest BCUT2D eigenvalue weighted by Crippen LogP contribution is 2.28. The lowest BCUT2D eigenvalue weighted by Gasteiger charge is -2.36. The second-order valence-electron chi connectivity index (χ2n) is 4.32. The molecular weight excluding hydrogens is 390 g/mol. The van der Waals surface area contributed by atoms with E-state index < -0.39 is 0 Å². The van der Waals surface area contributed by atoms with Crippen molar-refractivity contribution in [3.8, 4) is 0 Å². The van der Waals surface area contributed by atoms with Gasteiger partial charge in [0.1, 0.15) is 0 Å². The van der Waals surface area contributed by atoms with Gasteiger partial charge in [-0.2, -0.15) is 0 Å². The Morgan fingerprint density at radius 1 is 0.769 bits per heavy atom. The van der Waals surface area contributed by atoms with E-state index in [4.69, 9.17) is 0 Å². The third-order valence-electron chi connectivity index (χ3n) is 3.05. The first-order valence-electron chi connectivity index (χ1n) is 5.05. The Labute approximate surface area is 108 Å². The molecule has 3 rings (SSSR count). The Bertz CT molecular complexity index is 147. The summed E-state index contributed by atoms with van der Waals surface area (Å²) in [6.45, 7) is 5.21. The van der Waals surface area contributed by atoms with Crippen molar-refractivity contribution in [2.24, 2.45) is 11.8 Å².